The summed E-state index contributed by atoms with van der Waals surface area (Å²) in [4.78, 5) is 11.7. The fourth-order valence-electron chi connectivity index (χ4n) is 2.00. The molecule has 0 saturated heterocycles. The zero-order chi connectivity index (χ0) is 12.3. The zero-order valence-electron chi connectivity index (χ0n) is 9.99. The van der Waals surface area contributed by atoms with Crippen molar-refractivity contribution in [2.45, 2.75) is 19.8 Å². The van der Waals surface area contributed by atoms with Gasteiger partial charge in [-0.2, -0.15) is 0 Å². The Morgan fingerprint density at radius 1 is 1.59 bits per heavy atom. The van der Waals surface area contributed by atoms with Gasteiger partial charge in [-0.1, -0.05) is 12.7 Å². The van der Waals surface area contributed by atoms with Gasteiger partial charge in [0.2, 0.25) is 0 Å². The summed E-state index contributed by atoms with van der Waals surface area (Å²) in [5.41, 5.74) is 2.51. The number of rotatable bonds is 3. The maximum absolute atomic E-state index is 11.7. The Morgan fingerprint density at radius 3 is 3.12 bits per heavy atom. The van der Waals surface area contributed by atoms with Crippen LogP contribution in [0, 0.1) is 0 Å². The van der Waals surface area contributed by atoms with Crippen molar-refractivity contribution in [1.82, 2.24) is 0 Å². The lowest BCUT2D eigenvalue weighted by atomic mass is 9.99. The molecule has 0 amide bonds. The molecule has 0 aromatic heterocycles. The van der Waals surface area contributed by atoms with E-state index in [0.29, 0.717) is 12.2 Å². The predicted octanol–water partition coefficient (Wildman–Crippen LogP) is 2.83. The quantitative estimate of drug-likeness (QED) is 0.752. The molecule has 1 heterocycles. The van der Waals surface area contributed by atoms with E-state index < -0.39 is 0 Å². The van der Waals surface area contributed by atoms with Crippen LogP contribution in [0.1, 0.15) is 34.8 Å². The van der Waals surface area contributed by atoms with E-state index in [2.05, 4.69) is 6.58 Å². The molecule has 1 aliphatic heterocycles. The Bertz CT molecular complexity index is 449. The van der Waals surface area contributed by atoms with E-state index in [1.54, 1.807) is 19.1 Å². The van der Waals surface area contributed by atoms with Gasteiger partial charge in [-0.3, -0.25) is 0 Å². The standard InChI is InChI=1S/C14H16O3/c1-3-10-8-12(14(15)16-4-2)9-11-6-5-7-17-13(10)11/h3,8-9H,1,4-7H2,2H3. The van der Waals surface area contributed by atoms with E-state index in [1.165, 1.54) is 0 Å². The molecule has 0 aliphatic carbocycles. The number of ether oxygens (including phenoxy) is 2. The third kappa shape index (κ3) is 2.33. The minimum absolute atomic E-state index is 0.288. The Hall–Kier alpha value is -1.77. The molecule has 1 aromatic carbocycles. The van der Waals surface area contributed by atoms with Crippen molar-refractivity contribution in [1.29, 1.82) is 0 Å². The highest BCUT2D eigenvalue weighted by Crippen LogP contribution is 2.31. The van der Waals surface area contributed by atoms with E-state index in [9.17, 15) is 4.79 Å². The van der Waals surface area contributed by atoms with Crippen LogP contribution in [0.5, 0.6) is 5.75 Å². The number of benzene rings is 1. The zero-order valence-corrected chi connectivity index (χ0v) is 9.99. The lowest BCUT2D eigenvalue weighted by molar-refractivity contribution is 0.0526. The van der Waals surface area contributed by atoms with E-state index in [0.717, 1.165) is 36.3 Å². The first kappa shape index (κ1) is 11.7. The Morgan fingerprint density at radius 2 is 2.41 bits per heavy atom. The average Bonchev–Trinajstić information content (AvgIpc) is 2.37. The Kier molecular flexibility index (Phi) is 3.47. The molecular formula is C14H16O3. The van der Waals surface area contributed by atoms with Gasteiger partial charge in [0.25, 0.3) is 0 Å². The average molecular weight is 232 g/mol. The number of carbonyl (C=O) groups excluding carboxylic acids is 1. The molecule has 17 heavy (non-hydrogen) atoms. The molecule has 0 unspecified atom stereocenters. The van der Waals surface area contributed by atoms with Crippen LogP contribution in [0.25, 0.3) is 6.08 Å². The van der Waals surface area contributed by atoms with Crippen LogP contribution in [0.4, 0.5) is 0 Å². The van der Waals surface area contributed by atoms with Crippen LogP contribution >= 0.6 is 0 Å². The number of hydrogen-bond donors (Lipinski definition) is 0. The van der Waals surface area contributed by atoms with Crippen LogP contribution in [0.15, 0.2) is 18.7 Å². The van der Waals surface area contributed by atoms with Gasteiger partial charge in [-0.15, -0.1) is 0 Å². The number of hydrogen-bond acceptors (Lipinski definition) is 3. The predicted molar refractivity (Wildman–Crippen MR) is 66.3 cm³/mol. The third-order valence-electron chi connectivity index (χ3n) is 2.76. The highest BCUT2D eigenvalue weighted by Gasteiger charge is 2.17. The molecule has 0 bridgehead atoms. The number of carbonyl (C=O) groups is 1. The van der Waals surface area contributed by atoms with Crippen molar-refractivity contribution in [3.8, 4) is 5.75 Å². The summed E-state index contributed by atoms with van der Waals surface area (Å²) in [6.07, 6.45) is 3.63. The lowest BCUT2D eigenvalue weighted by Crippen LogP contribution is -2.12. The molecule has 2 rings (SSSR count). The van der Waals surface area contributed by atoms with Gasteiger partial charge in [0.05, 0.1) is 18.8 Å². The molecule has 1 aromatic rings. The van der Waals surface area contributed by atoms with Gasteiger partial charge in [0.1, 0.15) is 5.75 Å². The molecule has 0 atom stereocenters. The second-order valence-electron chi connectivity index (χ2n) is 3.93. The minimum Gasteiger partial charge on any atom is -0.493 e. The summed E-state index contributed by atoms with van der Waals surface area (Å²) in [6.45, 7) is 6.67. The van der Waals surface area contributed by atoms with Crippen molar-refractivity contribution in [2.75, 3.05) is 13.2 Å². The van der Waals surface area contributed by atoms with Gasteiger partial charge in [-0.05, 0) is 37.5 Å². The molecule has 0 saturated carbocycles. The summed E-state index contributed by atoms with van der Waals surface area (Å²) >= 11 is 0. The summed E-state index contributed by atoms with van der Waals surface area (Å²) < 4.78 is 10.6. The number of fused-ring (bicyclic) bond motifs is 1. The monoisotopic (exact) mass is 232 g/mol. The minimum atomic E-state index is -0.288. The molecular weight excluding hydrogens is 216 g/mol. The lowest BCUT2D eigenvalue weighted by Gasteiger charge is -2.20. The summed E-state index contributed by atoms with van der Waals surface area (Å²) in [7, 11) is 0. The van der Waals surface area contributed by atoms with Crippen LogP contribution in [0.2, 0.25) is 0 Å². The third-order valence-corrected chi connectivity index (χ3v) is 2.76. The maximum atomic E-state index is 11.7. The van der Waals surface area contributed by atoms with Gasteiger partial charge in [-0.25, -0.2) is 4.79 Å². The fourth-order valence-corrected chi connectivity index (χ4v) is 2.00. The molecule has 0 N–H and O–H groups in total. The van der Waals surface area contributed by atoms with E-state index in [1.807, 2.05) is 6.07 Å². The van der Waals surface area contributed by atoms with Gasteiger partial charge in [0, 0.05) is 5.56 Å². The second-order valence-corrected chi connectivity index (χ2v) is 3.93. The van der Waals surface area contributed by atoms with Crippen molar-refractivity contribution in [2.24, 2.45) is 0 Å². The number of esters is 1. The normalized spacial score (nSPS) is 13.5. The molecule has 1 aliphatic rings. The Labute approximate surface area is 101 Å². The van der Waals surface area contributed by atoms with Crippen molar-refractivity contribution >= 4 is 12.0 Å². The maximum Gasteiger partial charge on any atom is 0.338 e. The van der Waals surface area contributed by atoms with Gasteiger partial charge in [0.15, 0.2) is 0 Å². The second kappa shape index (κ2) is 5.04. The first-order chi connectivity index (χ1) is 8.26. The highest BCUT2D eigenvalue weighted by atomic mass is 16.5. The summed E-state index contributed by atoms with van der Waals surface area (Å²) in [6, 6.07) is 3.63. The summed E-state index contributed by atoms with van der Waals surface area (Å²) in [5, 5.41) is 0. The van der Waals surface area contributed by atoms with Crippen molar-refractivity contribution in [3.63, 3.8) is 0 Å². The van der Waals surface area contributed by atoms with Gasteiger partial charge < -0.3 is 9.47 Å². The fraction of sp³-hybridized carbons (Fsp3) is 0.357. The van der Waals surface area contributed by atoms with E-state index >= 15 is 0 Å². The highest BCUT2D eigenvalue weighted by molar-refractivity contribution is 5.91. The molecule has 0 spiro atoms. The largest absolute Gasteiger partial charge is 0.493 e. The van der Waals surface area contributed by atoms with Crippen LogP contribution in [-0.4, -0.2) is 19.2 Å². The first-order valence-electron chi connectivity index (χ1n) is 5.85. The van der Waals surface area contributed by atoms with Gasteiger partial charge >= 0.3 is 5.97 Å². The molecule has 90 valence electrons. The number of aryl methyl sites for hydroxylation is 1. The topological polar surface area (TPSA) is 35.5 Å². The molecule has 0 fully saturated rings. The van der Waals surface area contributed by atoms with E-state index in [-0.39, 0.29) is 5.97 Å². The van der Waals surface area contributed by atoms with Crippen molar-refractivity contribution < 1.29 is 14.3 Å². The van der Waals surface area contributed by atoms with Crippen LogP contribution < -0.4 is 4.74 Å². The molecule has 3 heteroatoms. The van der Waals surface area contributed by atoms with E-state index in [4.69, 9.17) is 9.47 Å². The molecule has 3 nitrogen and oxygen atoms in total. The Balaban J connectivity index is 2.42. The summed E-state index contributed by atoms with van der Waals surface area (Å²) in [5.74, 6) is 0.572. The van der Waals surface area contributed by atoms with Crippen LogP contribution in [0.3, 0.4) is 0 Å². The van der Waals surface area contributed by atoms with Crippen LogP contribution in [-0.2, 0) is 11.2 Å². The first-order valence-corrected chi connectivity index (χ1v) is 5.85. The smallest absolute Gasteiger partial charge is 0.338 e. The van der Waals surface area contributed by atoms with Crippen molar-refractivity contribution in [3.05, 3.63) is 35.4 Å². The SMILES string of the molecule is C=Cc1cc(C(=O)OCC)cc2c1OCCC2. The molecule has 0 radical (unpaired) electrons.